The number of hydrogen-bond acceptors (Lipinski definition) is 5. The van der Waals surface area contributed by atoms with E-state index in [2.05, 4.69) is 5.32 Å². The molecule has 0 bridgehead atoms. The van der Waals surface area contributed by atoms with Crippen molar-refractivity contribution < 1.29 is 22.3 Å². The van der Waals surface area contributed by atoms with Crippen molar-refractivity contribution in [2.45, 2.75) is 25.2 Å². The lowest BCUT2D eigenvalue weighted by Gasteiger charge is -2.30. The fourth-order valence-corrected chi connectivity index (χ4v) is 5.20. The SMILES string of the molecule is CCN(CC)S(=O)(=O)c1ccc(N2CCOCC2)c(C(=O)NCCc2ccc(F)cc2)c1. The molecule has 1 N–H and O–H groups in total. The molecule has 3 rings (SSSR count). The van der Waals surface area contributed by atoms with Crippen molar-refractivity contribution in [2.75, 3.05) is 50.8 Å². The van der Waals surface area contributed by atoms with E-state index in [0.717, 1.165) is 5.56 Å². The van der Waals surface area contributed by atoms with Crippen LogP contribution in [0.5, 0.6) is 0 Å². The number of rotatable bonds is 9. The van der Waals surface area contributed by atoms with Gasteiger partial charge in [0.05, 0.1) is 23.7 Å². The van der Waals surface area contributed by atoms with Crippen molar-refractivity contribution in [2.24, 2.45) is 0 Å². The van der Waals surface area contributed by atoms with E-state index in [1.165, 1.54) is 22.5 Å². The van der Waals surface area contributed by atoms with Crippen LogP contribution in [-0.4, -0.2) is 64.6 Å². The highest BCUT2D eigenvalue weighted by Crippen LogP contribution is 2.27. The summed E-state index contributed by atoms with van der Waals surface area (Å²) < 4.78 is 45.9. The molecule has 0 unspecified atom stereocenters. The molecule has 0 aromatic heterocycles. The fourth-order valence-electron chi connectivity index (χ4n) is 3.72. The summed E-state index contributed by atoms with van der Waals surface area (Å²) in [6, 6.07) is 10.9. The molecular formula is C23H30FN3O4S. The first-order valence-corrected chi connectivity index (χ1v) is 12.3. The number of carbonyl (C=O) groups is 1. The van der Waals surface area contributed by atoms with Gasteiger partial charge in [0.1, 0.15) is 5.82 Å². The Morgan fingerprint density at radius 2 is 1.75 bits per heavy atom. The predicted molar refractivity (Wildman–Crippen MR) is 122 cm³/mol. The van der Waals surface area contributed by atoms with E-state index < -0.39 is 10.0 Å². The highest BCUT2D eigenvalue weighted by Gasteiger charge is 2.26. The van der Waals surface area contributed by atoms with Gasteiger partial charge >= 0.3 is 0 Å². The van der Waals surface area contributed by atoms with Crippen LogP contribution in [0.1, 0.15) is 29.8 Å². The maximum Gasteiger partial charge on any atom is 0.253 e. The lowest BCUT2D eigenvalue weighted by molar-refractivity contribution is 0.0952. The van der Waals surface area contributed by atoms with Gasteiger partial charge in [-0.3, -0.25) is 4.79 Å². The molecule has 1 heterocycles. The molecular weight excluding hydrogens is 433 g/mol. The van der Waals surface area contributed by atoms with Gasteiger partial charge in [-0.2, -0.15) is 4.31 Å². The van der Waals surface area contributed by atoms with Crippen molar-refractivity contribution in [3.63, 3.8) is 0 Å². The molecule has 1 aliphatic rings. The van der Waals surface area contributed by atoms with Crippen LogP contribution in [0, 0.1) is 5.82 Å². The third-order valence-electron chi connectivity index (χ3n) is 5.52. The van der Waals surface area contributed by atoms with Crippen LogP contribution in [0.15, 0.2) is 47.4 Å². The van der Waals surface area contributed by atoms with Crippen LogP contribution in [0.2, 0.25) is 0 Å². The van der Waals surface area contributed by atoms with Crippen molar-refractivity contribution >= 4 is 21.6 Å². The molecule has 2 aromatic carbocycles. The van der Waals surface area contributed by atoms with Crippen LogP contribution in [-0.2, 0) is 21.2 Å². The largest absolute Gasteiger partial charge is 0.378 e. The number of halogens is 1. The first kappa shape index (κ1) is 24.2. The van der Waals surface area contributed by atoms with Crippen molar-refractivity contribution in [3.05, 3.63) is 59.4 Å². The van der Waals surface area contributed by atoms with Gasteiger partial charge in [0.25, 0.3) is 5.91 Å². The van der Waals surface area contributed by atoms with Gasteiger partial charge < -0.3 is 15.0 Å². The third-order valence-corrected chi connectivity index (χ3v) is 7.57. The molecule has 0 spiro atoms. The molecule has 0 saturated carbocycles. The number of morpholine rings is 1. The Hall–Kier alpha value is -2.49. The van der Waals surface area contributed by atoms with Gasteiger partial charge in [-0.25, -0.2) is 12.8 Å². The second-order valence-corrected chi connectivity index (χ2v) is 9.44. The molecule has 9 heteroatoms. The number of anilines is 1. The first-order chi connectivity index (χ1) is 15.4. The monoisotopic (exact) mass is 463 g/mol. The average molecular weight is 464 g/mol. The molecule has 0 aliphatic carbocycles. The topological polar surface area (TPSA) is 79.0 Å². The summed E-state index contributed by atoms with van der Waals surface area (Å²) in [6.45, 7) is 6.96. The zero-order valence-corrected chi connectivity index (χ0v) is 19.3. The van der Waals surface area contributed by atoms with Gasteiger partial charge in [-0.15, -0.1) is 0 Å². The summed E-state index contributed by atoms with van der Waals surface area (Å²) in [4.78, 5) is 15.2. The Bertz CT molecular complexity index is 1020. The quantitative estimate of drug-likeness (QED) is 0.619. The minimum Gasteiger partial charge on any atom is -0.378 e. The Morgan fingerprint density at radius 1 is 1.09 bits per heavy atom. The Kier molecular flexibility index (Phi) is 8.22. The minimum absolute atomic E-state index is 0.0990. The maximum atomic E-state index is 13.1. The van der Waals surface area contributed by atoms with Gasteiger partial charge in [0.15, 0.2) is 0 Å². The molecule has 174 valence electrons. The highest BCUT2D eigenvalue weighted by atomic mass is 32.2. The number of hydrogen-bond donors (Lipinski definition) is 1. The first-order valence-electron chi connectivity index (χ1n) is 10.9. The number of benzene rings is 2. The van der Waals surface area contributed by atoms with E-state index in [4.69, 9.17) is 4.74 Å². The van der Waals surface area contributed by atoms with E-state index in [0.29, 0.717) is 63.6 Å². The Balaban J connectivity index is 1.85. The molecule has 2 aromatic rings. The Morgan fingerprint density at radius 3 is 2.38 bits per heavy atom. The van der Waals surface area contributed by atoms with Gasteiger partial charge in [0.2, 0.25) is 10.0 Å². The lowest BCUT2D eigenvalue weighted by atomic mass is 10.1. The number of nitrogens with one attached hydrogen (secondary N) is 1. The number of ether oxygens (including phenoxy) is 1. The van der Waals surface area contributed by atoms with E-state index >= 15 is 0 Å². The molecule has 1 saturated heterocycles. The highest BCUT2D eigenvalue weighted by molar-refractivity contribution is 7.89. The van der Waals surface area contributed by atoms with Gasteiger partial charge in [-0.1, -0.05) is 26.0 Å². The van der Waals surface area contributed by atoms with Crippen molar-refractivity contribution in [1.29, 1.82) is 0 Å². The molecule has 0 radical (unpaired) electrons. The number of nitrogens with zero attached hydrogens (tertiary/aromatic N) is 2. The summed E-state index contributed by atoms with van der Waals surface area (Å²) in [5, 5.41) is 2.88. The minimum atomic E-state index is -3.70. The number of amides is 1. The molecule has 7 nitrogen and oxygen atoms in total. The fraction of sp³-hybridized carbons (Fsp3) is 0.435. The summed E-state index contributed by atoms with van der Waals surface area (Å²) >= 11 is 0. The summed E-state index contributed by atoms with van der Waals surface area (Å²) in [6.07, 6.45) is 0.538. The zero-order chi connectivity index (χ0) is 23.1. The van der Waals surface area contributed by atoms with E-state index in [1.54, 1.807) is 38.1 Å². The number of carbonyl (C=O) groups excluding carboxylic acids is 1. The standard InChI is InChI=1S/C23H30FN3O4S/c1-3-27(4-2)32(29,30)20-9-10-22(26-13-15-31-16-14-26)21(17-20)23(28)25-12-11-18-5-7-19(24)8-6-18/h5-10,17H,3-4,11-16H2,1-2H3,(H,25,28). The zero-order valence-electron chi connectivity index (χ0n) is 18.5. The van der Waals surface area contributed by atoms with Gasteiger partial charge in [0, 0.05) is 38.4 Å². The van der Waals surface area contributed by atoms with Crippen molar-refractivity contribution in [1.82, 2.24) is 9.62 Å². The molecule has 32 heavy (non-hydrogen) atoms. The summed E-state index contributed by atoms with van der Waals surface area (Å²) in [7, 11) is -3.70. The van der Waals surface area contributed by atoms with Crippen molar-refractivity contribution in [3.8, 4) is 0 Å². The summed E-state index contributed by atoms with van der Waals surface area (Å²) in [5.74, 6) is -0.649. The van der Waals surface area contributed by atoms with Gasteiger partial charge in [-0.05, 0) is 42.3 Å². The summed E-state index contributed by atoms with van der Waals surface area (Å²) in [5.41, 5.74) is 1.91. The van der Waals surface area contributed by atoms with E-state index in [9.17, 15) is 17.6 Å². The predicted octanol–water partition coefficient (Wildman–Crippen LogP) is 2.67. The van der Waals surface area contributed by atoms with Crippen LogP contribution in [0.25, 0.3) is 0 Å². The third kappa shape index (κ3) is 5.65. The lowest BCUT2D eigenvalue weighted by Crippen LogP contribution is -2.38. The smallest absolute Gasteiger partial charge is 0.253 e. The molecule has 1 fully saturated rings. The van der Waals surface area contributed by atoms with Crippen LogP contribution >= 0.6 is 0 Å². The van der Waals surface area contributed by atoms with Crippen LogP contribution < -0.4 is 10.2 Å². The van der Waals surface area contributed by atoms with Crippen LogP contribution in [0.4, 0.5) is 10.1 Å². The maximum absolute atomic E-state index is 13.1. The number of sulfonamides is 1. The molecule has 1 amide bonds. The normalized spacial score (nSPS) is 14.6. The van der Waals surface area contributed by atoms with E-state index in [-0.39, 0.29) is 16.6 Å². The molecule has 0 atom stereocenters. The Labute approximate surface area is 189 Å². The average Bonchev–Trinajstić information content (AvgIpc) is 2.81. The van der Waals surface area contributed by atoms with Crippen LogP contribution in [0.3, 0.4) is 0 Å². The second-order valence-electron chi connectivity index (χ2n) is 7.50. The van der Waals surface area contributed by atoms with E-state index in [1.807, 2.05) is 4.90 Å². The second kappa shape index (κ2) is 10.9. The molecule has 1 aliphatic heterocycles.